The Kier molecular flexibility index (Phi) is 5.19. The Morgan fingerprint density at radius 2 is 2.10 bits per heavy atom. The van der Waals surface area contributed by atoms with E-state index in [2.05, 4.69) is 27.7 Å². The van der Waals surface area contributed by atoms with Crippen molar-refractivity contribution in [3.8, 4) is 5.75 Å². The third-order valence-electron chi connectivity index (χ3n) is 2.56. The van der Waals surface area contributed by atoms with E-state index in [1.807, 2.05) is 6.07 Å². The summed E-state index contributed by atoms with van der Waals surface area (Å²) in [5.74, 6) is 0.307. The van der Waals surface area contributed by atoms with Crippen LogP contribution in [0.1, 0.15) is 11.1 Å². The van der Waals surface area contributed by atoms with Gasteiger partial charge in [-0.05, 0) is 58.5 Å². The molecule has 104 valence electrons. The minimum absolute atomic E-state index is 0.253. The molecule has 0 unspecified atom stereocenters. The Morgan fingerprint density at radius 1 is 1.30 bits per heavy atom. The van der Waals surface area contributed by atoms with Gasteiger partial charge in [0.2, 0.25) is 0 Å². The minimum atomic E-state index is -0.374. The van der Waals surface area contributed by atoms with Crippen molar-refractivity contribution in [3.63, 3.8) is 0 Å². The molecule has 0 aliphatic carbocycles. The fourth-order valence-electron chi connectivity index (χ4n) is 1.58. The molecule has 0 saturated heterocycles. The van der Waals surface area contributed by atoms with E-state index < -0.39 is 0 Å². The van der Waals surface area contributed by atoms with Crippen molar-refractivity contribution in [2.75, 3.05) is 0 Å². The molecule has 0 fully saturated rings. The van der Waals surface area contributed by atoms with Crippen molar-refractivity contribution in [1.29, 1.82) is 0 Å². The molecule has 3 nitrogen and oxygen atoms in total. The Bertz CT molecular complexity index is 649. The fraction of sp³-hybridized carbons (Fsp3) is 0.0714. The summed E-state index contributed by atoms with van der Waals surface area (Å²) in [5, 5.41) is 11.8. The van der Waals surface area contributed by atoms with Crippen LogP contribution in [0.25, 0.3) is 0 Å². The van der Waals surface area contributed by atoms with Gasteiger partial charge in [-0.25, -0.2) is 4.39 Å². The van der Waals surface area contributed by atoms with Crippen LogP contribution < -0.4 is 4.74 Å². The lowest BCUT2D eigenvalue weighted by Crippen LogP contribution is -1.98. The van der Waals surface area contributed by atoms with Gasteiger partial charge in [-0.1, -0.05) is 22.8 Å². The Labute approximate surface area is 134 Å². The van der Waals surface area contributed by atoms with E-state index >= 15 is 0 Å². The Hall–Kier alpha value is -1.34. The van der Waals surface area contributed by atoms with E-state index in [9.17, 15) is 4.39 Å². The molecule has 1 N–H and O–H groups in total. The maximum absolute atomic E-state index is 12.9. The zero-order valence-corrected chi connectivity index (χ0v) is 13.1. The van der Waals surface area contributed by atoms with Crippen LogP contribution in [0, 0.1) is 9.39 Å². The summed E-state index contributed by atoms with van der Waals surface area (Å²) in [6.07, 6.45) is 1.34. The van der Waals surface area contributed by atoms with Crippen LogP contribution in [0.3, 0.4) is 0 Å². The molecular formula is C14H10ClFINO2. The standard InChI is InChI=1S/C14H10ClFINO2/c15-12-6-11(16)3-2-10(12)8-20-14-4-1-9(7-18-19)5-13(14)17/h1-7,19H,8H2/b18-7-. The van der Waals surface area contributed by atoms with Crippen molar-refractivity contribution in [1.82, 2.24) is 0 Å². The van der Waals surface area contributed by atoms with Crippen molar-refractivity contribution < 1.29 is 14.3 Å². The predicted molar refractivity (Wildman–Crippen MR) is 84.3 cm³/mol. The molecule has 2 aromatic rings. The van der Waals surface area contributed by atoms with Crippen LogP contribution in [-0.2, 0) is 6.61 Å². The second kappa shape index (κ2) is 6.90. The van der Waals surface area contributed by atoms with Crippen molar-refractivity contribution in [2.45, 2.75) is 6.61 Å². The van der Waals surface area contributed by atoms with Gasteiger partial charge in [0.25, 0.3) is 0 Å². The van der Waals surface area contributed by atoms with Crippen molar-refractivity contribution >= 4 is 40.4 Å². The van der Waals surface area contributed by atoms with E-state index in [0.29, 0.717) is 16.3 Å². The third-order valence-corrected chi connectivity index (χ3v) is 3.76. The molecule has 2 aromatic carbocycles. The fourth-order valence-corrected chi connectivity index (χ4v) is 2.49. The zero-order chi connectivity index (χ0) is 14.5. The molecule has 0 radical (unpaired) electrons. The molecular weight excluding hydrogens is 396 g/mol. The molecule has 20 heavy (non-hydrogen) atoms. The average Bonchev–Trinajstić information content (AvgIpc) is 2.40. The van der Waals surface area contributed by atoms with Gasteiger partial charge >= 0.3 is 0 Å². The van der Waals surface area contributed by atoms with Crippen LogP contribution in [0.2, 0.25) is 5.02 Å². The number of benzene rings is 2. The van der Waals surface area contributed by atoms with E-state index in [1.165, 1.54) is 18.3 Å². The molecule has 0 atom stereocenters. The summed E-state index contributed by atoms with van der Waals surface area (Å²) >= 11 is 8.06. The van der Waals surface area contributed by atoms with E-state index in [-0.39, 0.29) is 12.4 Å². The second-order valence-corrected chi connectivity index (χ2v) is 5.53. The van der Waals surface area contributed by atoms with E-state index in [1.54, 1.807) is 18.2 Å². The zero-order valence-electron chi connectivity index (χ0n) is 10.2. The maximum atomic E-state index is 12.9. The Morgan fingerprint density at radius 3 is 2.75 bits per heavy atom. The first-order valence-corrected chi connectivity index (χ1v) is 7.09. The van der Waals surface area contributed by atoms with Crippen LogP contribution in [0.5, 0.6) is 5.75 Å². The molecule has 2 rings (SSSR count). The number of nitrogens with zero attached hydrogens (tertiary/aromatic N) is 1. The molecule has 0 amide bonds. The van der Waals surface area contributed by atoms with Gasteiger partial charge in [0.1, 0.15) is 18.2 Å². The average molecular weight is 406 g/mol. The van der Waals surface area contributed by atoms with Gasteiger partial charge in [0.15, 0.2) is 0 Å². The van der Waals surface area contributed by atoms with E-state index in [0.717, 1.165) is 9.13 Å². The summed E-state index contributed by atoms with van der Waals surface area (Å²) in [6, 6.07) is 9.56. The first-order valence-electron chi connectivity index (χ1n) is 5.64. The number of ether oxygens (including phenoxy) is 1. The molecule has 0 aliphatic rings. The molecule has 0 spiro atoms. The number of oxime groups is 1. The number of hydrogen-bond donors (Lipinski definition) is 1. The van der Waals surface area contributed by atoms with Gasteiger partial charge in [0, 0.05) is 5.56 Å². The van der Waals surface area contributed by atoms with Crippen molar-refractivity contribution in [3.05, 3.63) is 61.9 Å². The summed E-state index contributed by atoms with van der Waals surface area (Å²) in [6.45, 7) is 0.253. The van der Waals surface area contributed by atoms with Gasteiger partial charge in [-0.2, -0.15) is 0 Å². The summed E-state index contributed by atoms with van der Waals surface area (Å²) in [7, 11) is 0. The topological polar surface area (TPSA) is 41.8 Å². The van der Waals surface area contributed by atoms with Crippen LogP contribution >= 0.6 is 34.2 Å². The highest BCUT2D eigenvalue weighted by Gasteiger charge is 2.06. The third kappa shape index (κ3) is 3.83. The summed E-state index contributed by atoms with van der Waals surface area (Å²) in [5.41, 5.74) is 1.48. The minimum Gasteiger partial charge on any atom is -0.488 e. The smallest absolute Gasteiger partial charge is 0.133 e. The van der Waals surface area contributed by atoms with Crippen LogP contribution in [0.4, 0.5) is 4.39 Å². The van der Waals surface area contributed by atoms with Gasteiger partial charge < -0.3 is 9.94 Å². The Balaban J connectivity index is 2.11. The lowest BCUT2D eigenvalue weighted by atomic mass is 10.2. The summed E-state index contributed by atoms with van der Waals surface area (Å²) in [4.78, 5) is 0. The summed E-state index contributed by atoms with van der Waals surface area (Å²) < 4.78 is 19.5. The highest BCUT2D eigenvalue weighted by atomic mass is 127. The molecule has 0 bridgehead atoms. The second-order valence-electron chi connectivity index (χ2n) is 3.96. The van der Waals surface area contributed by atoms with Gasteiger partial charge in [0.05, 0.1) is 14.8 Å². The quantitative estimate of drug-likeness (QED) is 0.353. The monoisotopic (exact) mass is 405 g/mol. The molecule has 0 heterocycles. The number of rotatable bonds is 4. The normalized spacial score (nSPS) is 10.9. The lowest BCUT2D eigenvalue weighted by molar-refractivity contribution is 0.304. The first kappa shape index (κ1) is 15.1. The molecule has 6 heteroatoms. The molecule has 0 aliphatic heterocycles. The largest absolute Gasteiger partial charge is 0.488 e. The molecule has 0 aromatic heterocycles. The first-order chi connectivity index (χ1) is 9.60. The van der Waals surface area contributed by atoms with Crippen molar-refractivity contribution in [2.24, 2.45) is 5.16 Å². The SMILES string of the molecule is O/N=C\c1ccc(OCc2ccc(F)cc2Cl)c(I)c1. The van der Waals surface area contributed by atoms with Gasteiger partial charge in [-0.15, -0.1) is 0 Å². The predicted octanol–water partition coefficient (Wildman–Crippen LogP) is 4.47. The highest BCUT2D eigenvalue weighted by molar-refractivity contribution is 14.1. The van der Waals surface area contributed by atoms with E-state index in [4.69, 9.17) is 21.5 Å². The number of hydrogen-bond acceptors (Lipinski definition) is 3. The van der Waals surface area contributed by atoms with Crippen LogP contribution in [0.15, 0.2) is 41.6 Å². The van der Waals surface area contributed by atoms with Gasteiger partial charge in [-0.3, -0.25) is 0 Å². The highest BCUT2D eigenvalue weighted by Crippen LogP contribution is 2.24. The maximum Gasteiger partial charge on any atom is 0.133 e. The number of halogens is 3. The van der Waals surface area contributed by atoms with Crippen LogP contribution in [-0.4, -0.2) is 11.4 Å². The lowest BCUT2D eigenvalue weighted by Gasteiger charge is -2.10. The molecule has 0 saturated carbocycles.